The van der Waals surface area contributed by atoms with Crippen LogP contribution in [0.5, 0.6) is 0 Å². The van der Waals surface area contributed by atoms with Crippen LogP contribution in [0, 0.1) is 0 Å². The molecule has 1 saturated heterocycles. The maximum absolute atomic E-state index is 11.1. The Kier molecular flexibility index (Phi) is 7.00. The van der Waals surface area contributed by atoms with Crippen LogP contribution in [0.15, 0.2) is 0 Å². The molecule has 0 radical (unpaired) electrons. The summed E-state index contributed by atoms with van der Waals surface area (Å²) < 4.78 is 16.8. The Hall–Kier alpha value is -0.0831. The van der Waals surface area contributed by atoms with Gasteiger partial charge in [-0.2, -0.15) is 0 Å². The first-order valence-electron chi connectivity index (χ1n) is 7.27. The van der Waals surface area contributed by atoms with E-state index in [1.807, 2.05) is 20.8 Å². The van der Waals surface area contributed by atoms with Gasteiger partial charge in [-0.1, -0.05) is 0 Å². The molecular formula is C13H26O5SSi. The van der Waals surface area contributed by atoms with E-state index in [1.165, 1.54) is 11.8 Å². The van der Waals surface area contributed by atoms with E-state index in [1.54, 1.807) is 6.92 Å². The summed E-state index contributed by atoms with van der Waals surface area (Å²) in [4.78, 5) is 11.1. The molecule has 0 aliphatic carbocycles. The maximum Gasteiger partial charge on any atom is 0.500 e. The number of carboxylic acid groups (broad SMARTS) is 1. The third kappa shape index (κ3) is 4.46. The molecule has 20 heavy (non-hydrogen) atoms. The first kappa shape index (κ1) is 18.0. The molecule has 118 valence electrons. The molecule has 1 fully saturated rings. The van der Waals surface area contributed by atoms with Crippen molar-refractivity contribution < 1.29 is 23.2 Å². The fourth-order valence-electron chi connectivity index (χ4n) is 2.29. The molecular weight excluding hydrogens is 296 g/mol. The summed E-state index contributed by atoms with van der Waals surface area (Å²) in [6.45, 7) is 9.36. The predicted molar refractivity (Wildman–Crippen MR) is 82.1 cm³/mol. The van der Waals surface area contributed by atoms with Gasteiger partial charge in [0.2, 0.25) is 0 Å². The van der Waals surface area contributed by atoms with Crippen molar-refractivity contribution in [2.45, 2.75) is 56.6 Å². The minimum Gasteiger partial charge on any atom is -0.480 e. The largest absolute Gasteiger partial charge is 0.500 e. The lowest BCUT2D eigenvalue weighted by Crippen LogP contribution is -2.46. The second-order valence-corrected chi connectivity index (χ2v) is 9.28. The fourth-order valence-corrected chi connectivity index (χ4v) is 6.06. The minimum atomic E-state index is -2.56. The third-order valence-corrected chi connectivity index (χ3v) is 8.25. The van der Waals surface area contributed by atoms with Crippen LogP contribution in [0.1, 0.15) is 40.5 Å². The minimum absolute atomic E-state index is 0.205. The molecule has 1 N–H and O–H groups in total. The Morgan fingerprint density at radius 1 is 1.20 bits per heavy atom. The molecule has 0 saturated carbocycles. The summed E-state index contributed by atoms with van der Waals surface area (Å²) in [5.74, 6) is -0.713. The first-order chi connectivity index (χ1) is 9.44. The highest BCUT2D eigenvalue weighted by Gasteiger charge is 2.57. The van der Waals surface area contributed by atoms with E-state index in [0.717, 1.165) is 18.9 Å². The van der Waals surface area contributed by atoms with Crippen molar-refractivity contribution in [1.29, 1.82) is 0 Å². The second kappa shape index (κ2) is 7.79. The van der Waals surface area contributed by atoms with Crippen LogP contribution in [0.2, 0.25) is 6.04 Å². The van der Waals surface area contributed by atoms with Crippen LogP contribution in [0.3, 0.4) is 0 Å². The van der Waals surface area contributed by atoms with Gasteiger partial charge in [0.05, 0.1) is 0 Å². The molecule has 0 aromatic heterocycles. The Labute approximate surface area is 126 Å². The van der Waals surface area contributed by atoms with Crippen molar-refractivity contribution in [3.63, 3.8) is 0 Å². The Bertz CT molecular complexity index is 311. The number of carbonyl (C=O) groups is 1. The number of thioether (sulfide) groups is 1. The highest BCUT2D eigenvalue weighted by atomic mass is 32.2. The molecule has 0 bridgehead atoms. The van der Waals surface area contributed by atoms with Crippen molar-refractivity contribution in [3.8, 4) is 0 Å². The molecule has 5 nitrogen and oxygen atoms in total. The number of carboxylic acids is 1. The molecule has 7 heteroatoms. The van der Waals surface area contributed by atoms with Gasteiger partial charge in [-0.3, -0.25) is 4.79 Å². The van der Waals surface area contributed by atoms with Crippen LogP contribution in [0.4, 0.5) is 0 Å². The highest BCUT2D eigenvalue weighted by molar-refractivity contribution is 8.09. The zero-order valence-corrected chi connectivity index (χ0v) is 14.6. The fraction of sp³-hybridized carbons (Fsp3) is 0.923. The van der Waals surface area contributed by atoms with Crippen LogP contribution in [0.25, 0.3) is 0 Å². The number of rotatable bonds is 11. The molecule has 2 atom stereocenters. The van der Waals surface area contributed by atoms with Crippen molar-refractivity contribution in [3.05, 3.63) is 0 Å². The van der Waals surface area contributed by atoms with E-state index in [-0.39, 0.29) is 5.25 Å². The van der Waals surface area contributed by atoms with Crippen LogP contribution < -0.4 is 0 Å². The summed E-state index contributed by atoms with van der Waals surface area (Å²) in [7, 11) is -2.56. The van der Waals surface area contributed by atoms with Gasteiger partial charge in [0.15, 0.2) is 0 Å². The van der Waals surface area contributed by atoms with Gasteiger partial charge >= 0.3 is 14.8 Å². The molecule has 1 rings (SSSR count). The summed E-state index contributed by atoms with van der Waals surface area (Å²) in [6.07, 6.45) is 1.75. The van der Waals surface area contributed by atoms with Crippen LogP contribution in [-0.2, 0) is 18.1 Å². The third-order valence-electron chi connectivity index (χ3n) is 3.41. The molecule has 1 heterocycles. The van der Waals surface area contributed by atoms with E-state index in [4.69, 9.17) is 18.4 Å². The molecule has 1 aliphatic rings. The molecule has 1 aliphatic heterocycles. The van der Waals surface area contributed by atoms with Crippen LogP contribution in [-0.4, -0.2) is 49.7 Å². The number of hydrogen-bond acceptors (Lipinski definition) is 5. The standard InChI is InChI=1S/C13H26O5SSi/c1-5-16-20(17-6-2,18-7-3)10-8-9-11-13(4,19-11)12(14)15/h11H,5-10H2,1-4H3,(H,14,15). The summed E-state index contributed by atoms with van der Waals surface area (Å²) >= 11 is 1.53. The first-order valence-corrected chi connectivity index (χ1v) is 10.1. The summed E-state index contributed by atoms with van der Waals surface area (Å²) in [5.41, 5.74) is 0. The molecule has 0 spiro atoms. The van der Waals surface area contributed by atoms with Gasteiger partial charge in [0, 0.05) is 31.1 Å². The van der Waals surface area contributed by atoms with Gasteiger partial charge in [-0.25, -0.2) is 0 Å². The highest BCUT2D eigenvalue weighted by Crippen LogP contribution is 2.55. The Morgan fingerprint density at radius 2 is 1.70 bits per heavy atom. The quantitative estimate of drug-likeness (QED) is 0.466. The monoisotopic (exact) mass is 322 g/mol. The lowest BCUT2D eigenvalue weighted by Gasteiger charge is -2.28. The maximum atomic E-state index is 11.1. The Morgan fingerprint density at radius 3 is 2.05 bits per heavy atom. The predicted octanol–water partition coefficient (Wildman–Crippen LogP) is 2.77. The van der Waals surface area contributed by atoms with Gasteiger partial charge < -0.3 is 18.4 Å². The van der Waals surface area contributed by atoms with E-state index in [2.05, 4.69) is 0 Å². The van der Waals surface area contributed by atoms with E-state index in [0.29, 0.717) is 19.8 Å². The molecule has 0 aromatic rings. The van der Waals surface area contributed by atoms with Crippen LogP contribution >= 0.6 is 11.8 Å². The summed E-state index contributed by atoms with van der Waals surface area (Å²) in [6, 6.07) is 0.759. The average Bonchev–Trinajstić information content (AvgIpc) is 3.03. The summed E-state index contributed by atoms with van der Waals surface area (Å²) in [5, 5.41) is 9.31. The SMILES string of the molecule is CCO[Si](CCCC1SC1(C)C(=O)O)(OCC)OCC. The van der Waals surface area contributed by atoms with Crippen molar-refractivity contribution in [2.75, 3.05) is 19.8 Å². The average molecular weight is 322 g/mol. The Balaban J connectivity index is 2.44. The smallest absolute Gasteiger partial charge is 0.480 e. The second-order valence-electron chi connectivity index (χ2n) is 4.89. The van der Waals surface area contributed by atoms with E-state index in [9.17, 15) is 4.79 Å². The van der Waals surface area contributed by atoms with Gasteiger partial charge in [0.1, 0.15) is 4.75 Å². The molecule has 0 amide bonds. The van der Waals surface area contributed by atoms with Gasteiger partial charge in [0.25, 0.3) is 0 Å². The lowest BCUT2D eigenvalue weighted by molar-refractivity contribution is -0.138. The van der Waals surface area contributed by atoms with Gasteiger partial charge in [-0.05, 0) is 40.5 Å². The zero-order chi connectivity index (χ0) is 15.2. The normalized spacial score (nSPS) is 25.7. The van der Waals surface area contributed by atoms with Crippen molar-refractivity contribution in [1.82, 2.24) is 0 Å². The lowest BCUT2D eigenvalue weighted by atomic mass is 10.1. The number of aliphatic carboxylic acids is 1. The van der Waals surface area contributed by atoms with Crippen molar-refractivity contribution in [2.24, 2.45) is 0 Å². The van der Waals surface area contributed by atoms with E-state index >= 15 is 0 Å². The number of hydrogen-bond donors (Lipinski definition) is 1. The topological polar surface area (TPSA) is 65.0 Å². The van der Waals surface area contributed by atoms with Crippen molar-refractivity contribution >= 4 is 26.5 Å². The van der Waals surface area contributed by atoms with E-state index < -0.39 is 19.5 Å². The van der Waals surface area contributed by atoms with Gasteiger partial charge in [-0.15, -0.1) is 11.8 Å². The molecule has 2 unspecified atom stereocenters. The molecule has 0 aromatic carbocycles. The zero-order valence-electron chi connectivity index (χ0n) is 12.8.